The van der Waals surface area contributed by atoms with Crippen LogP contribution in [0, 0.1) is 10.1 Å². The van der Waals surface area contributed by atoms with E-state index in [1.807, 2.05) is 0 Å². The van der Waals surface area contributed by atoms with Crippen molar-refractivity contribution in [3.05, 3.63) is 16.3 Å². The van der Waals surface area contributed by atoms with Crippen molar-refractivity contribution in [1.82, 2.24) is 4.98 Å². The molecule has 0 atom stereocenters. The molecule has 0 bridgehead atoms. The van der Waals surface area contributed by atoms with E-state index in [1.165, 1.54) is 0 Å². The van der Waals surface area contributed by atoms with Gasteiger partial charge >= 0.3 is 12.0 Å². The normalized spacial score (nSPS) is 12.1. The third-order valence-electron chi connectivity index (χ3n) is 1.83. The summed E-state index contributed by atoms with van der Waals surface area (Å²) in [7, 11) is -3.85. The molecule has 20 heavy (non-hydrogen) atoms. The summed E-state index contributed by atoms with van der Waals surface area (Å²) in [6, 6.07) is 0. The molecule has 0 amide bonds. The summed E-state index contributed by atoms with van der Waals surface area (Å²) in [5.74, 6) is -2.23. The number of pyridine rings is 1. The lowest BCUT2D eigenvalue weighted by molar-refractivity contribution is -0.392. The second-order valence-electron chi connectivity index (χ2n) is 3.16. The molecule has 1 rings (SSSR count). The molecular formula is C7H6F3N3O6S. The Morgan fingerprint density at radius 2 is 2.00 bits per heavy atom. The lowest BCUT2D eigenvalue weighted by atomic mass is 10.3. The molecular weight excluding hydrogens is 311 g/mol. The highest BCUT2D eigenvalue weighted by molar-refractivity contribution is 7.89. The largest absolute Gasteiger partial charge is 0.573 e. The summed E-state index contributed by atoms with van der Waals surface area (Å²) < 4.78 is 66.7. The van der Waals surface area contributed by atoms with Gasteiger partial charge in [-0.25, -0.2) is 18.5 Å². The smallest absolute Gasteiger partial charge is 0.491 e. The quantitative estimate of drug-likeness (QED) is 0.632. The number of sulfonamides is 1. The summed E-state index contributed by atoms with van der Waals surface area (Å²) in [5, 5.41) is 14.1. The van der Waals surface area contributed by atoms with E-state index in [-0.39, 0.29) is 0 Å². The van der Waals surface area contributed by atoms with Gasteiger partial charge in [-0.05, 0) is 0 Å². The van der Waals surface area contributed by atoms with Gasteiger partial charge in [-0.3, -0.25) is 10.1 Å². The maximum atomic E-state index is 12.2. The average Bonchev–Trinajstić information content (AvgIpc) is 2.24. The second-order valence-corrected chi connectivity index (χ2v) is 4.64. The Bertz CT molecular complexity index is 644. The topological polar surface area (TPSA) is 135 Å². The van der Waals surface area contributed by atoms with E-state index >= 15 is 0 Å². The Labute approximate surface area is 109 Å². The van der Waals surface area contributed by atoms with Crippen LogP contribution in [-0.4, -0.2) is 31.8 Å². The van der Waals surface area contributed by atoms with Gasteiger partial charge in [0.2, 0.25) is 0 Å². The highest BCUT2D eigenvalue weighted by Gasteiger charge is 2.40. The number of hydrogen-bond donors (Lipinski definition) is 1. The predicted molar refractivity (Wildman–Crippen MR) is 55.5 cm³/mol. The zero-order chi connectivity index (χ0) is 15.7. The van der Waals surface area contributed by atoms with Crippen molar-refractivity contribution < 1.29 is 36.0 Å². The number of alkyl halides is 3. The molecule has 0 saturated carbocycles. The van der Waals surface area contributed by atoms with E-state index in [1.54, 1.807) is 0 Å². The lowest BCUT2D eigenvalue weighted by Crippen LogP contribution is -2.21. The van der Waals surface area contributed by atoms with Crippen LogP contribution >= 0.6 is 0 Å². The van der Waals surface area contributed by atoms with Crippen LogP contribution in [0.15, 0.2) is 11.2 Å². The summed E-state index contributed by atoms with van der Waals surface area (Å²) in [6.45, 7) is 0. The van der Waals surface area contributed by atoms with Crippen molar-refractivity contribution in [3.63, 3.8) is 0 Å². The van der Waals surface area contributed by atoms with Crippen molar-refractivity contribution in [2.24, 2.45) is 5.14 Å². The molecule has 0 fully saturated rings. The van der Waals surface area contributed by atoms with Gasteiger partial charge < -0.3 is 9.47 Å². The molecule has 0 saturated heterocycles. The monoisotopic (exact) mass is 317 g/mol. The summed E-state index contributed by atoms with van der Waals surface area (Å²) in [4.78, 5) is 12.5. The van der Waals surface area contributed by atoms with Gasteiger partial charge in [0.05, 0.1) is 18.2 Å². The van der Waals surface area contributed by atoms with Crippen LogP contribution in [0.1, 0.15) is 0 Å². The first kappa shape index (κ1) is 15.9. The summed E-state index contributed by atoms with van der Waals surface area (Å²) >= 11 is 0. The maximum Gasteiger partial charge on any atom is 0.573 e. The van der Waals surface area contributed by atoms with E-state index in [0.717, 1.165) is 7.11 Å². The van der Waals surface area contributed by atoms with Gasteiger partial charge in [-0.1, -0.05) is 0 Å². The van der Waals surface area contributed by atoms with E-state index < -0.39 is 43.5 Å². The van der Waals surface area contributed by atoms with Gasteiger partial charge in [-0.2, -0.15) is 0 Å². The number of nitro groups is 1. The van der Waals surface area contributed by atoms with Gasteiger partial charge in [0, 0.05) is 0 Å². The third-order valence-corrected chi connectivity index (χ3v) is 2.67. The minimum Gasteiger partial charge on any atom is -0.491 e. The van der Waals surface area contributed by atoms with Gasteiger partial charge in [0.15, 0.2) is 5.75 Å². The SMILES string of the molecule is COc1cnc(S(N)(=O)=O)c([N+](=O)[O-])c1OC(F)(F)F. The molecule has 1 aromatic rings. The van der Waals surface area contributed by atoms with Crippen LogP contribution in [0.25, 0.3) is 0 Å². The molecule has 0 spiro atoms. The summed E-state index contributed by atoms with van der Waals surface area (Å²) in [5.41, 5.74) is -1.57. The van der Waals surface area contributed by atoms with E-state index in [0.29, 0.717) is 6.20 Å². The molecule has 1 heterocycles. The molecule has 13 heteroatoms. The average molecular weight is 317 g/mol. The molecule has 0 aliphatic rings. The molecule has 0 aliphatic carbocycles. The zero-order valence-electron chi connectivity index (χ0n) is 9.54. The Morgan fingerprint density at radius 3 is 2.35 bits per heavy atom. The fourth-order valence-electron chi connectivity index (χ4n) is 1.18. The standard InChI is InChI=1S/C7H6F3N3O6S/c1-18-3-2-12-6(20(11,16)17)4(13(14)15)5(3)19-7(8,9)10/h2H,1H3,(H2,11,16,17). The number of primary sulfonamides is 1. The molecule has 0 radical (unpaired) electrons. The van der Waals surface area contributed by atoms with E-state index in [2.05, 4.69) is 19.6 Å². The van der Waals surface area contributed by atoms with Crippen LogP contribution in [0.3, 0.4) is 0 Å². The van der Waals surface area contributed by atoms with Gasteiger partial charge in [0.25, 0.3) is 20.8 Å². The number of hydrogen-bond acceptors (Lipinski definition) is 7. The van der Waals surface area contributed by atoms with Crippen molar-refractivity contribution in [2.45, 2.75) is 11.4 Å². The van der Waals surface area contributed by atoms with E-state index in [4.69, 9.17) is 0 Å². The molecule has 0 aliphatic heterocycles. The van der Waals surface area contributed by atoms with Crippen molar-refractivity contribution >= 4 is 15.7 Å². The van der Waals surface area contributed by atoms with Crippen molar-refractivity contribution in [3.8, 4) is 11.5 Å². The number of nitrogens with two attached hydrogens (primary N) is 1. The zero-order valence-corrected chi connectivity index (χ0v) is 10.4. The fourth-order valence-corrected chi connectivity index (χ4v) is 1.82. The molecule has 112 valence electrons. The lowest BCUT2D eigenvalue weighted by Gasteiger charge is -2.13. The molecule has 0 unspecified atom stereocenters. The van der Waals surface area contributed by atoms with Crippen LogP contribution in [-0.2, 0) is 10.0 Å². The Kier molecular flexibility index (Phi) is 4.04. The Balaban J connectivity index is 3.71. The van der Waals surface area contributed by atoms with E-state index in [9.17, 15) is 31.7 Å². The maximum absolute atomic E-state index is 12.2. The first-order chi connectivity index (χ1) is 8.97. The molecule has 0 aromatic carbocycles. The predicted octanol–water partition coefficient (Wildman–Crippen LogP) is 0.544. The number of aromatic nitrogens is 1. The van der Waals surface area contributed by atoms with Crippen LogP contribution in [0.4, 0.5) is 18.9 Å². The van der Waals surface area contributed by atoms with Crippen LogP contribution in [0.5, 0.6) is 11.5 Å². The van der Waals surface area contributed by atoms with Gasteiger partial charge in [0.1, 0.15) is 0 Å². The minimum atomic E-state index is -5.31. The number of nitrogens with zero attached hydrogens (tertiary/aromatic N) is 2. The van der Waals surface area contributed by atoms with Crippen LogP contribution in [0.2, 0.25) is 0 Å². The minimum absolute atomic E-state index is 0.508. The molecule has 9 nitrogen and oxygen atoms in total. The highest BCUT2D eigenvalue weighted by Crippen LogP contribution is 2.42. The Hall–Kier alpha value is -2.15. The Morgan fingerprint density at radius 1 is 1.45 bits per heavy atom. The van der Waals surface area contributed by atoms with Crippen LogP contribution < -0.4 is 14.6 Å². The fraction of sp³-hybridized carbons (Fsp3) is 0.286. The third kappa shape index (κ3) is 3.45. The second kappa shape index (κ2) is 5.09. The van der Waals surface area contributed by atoms with Crippen molar-refractivity contribution in [2.75, 3.05) is 7.11 Å². The number of ether oxygens (including phenoxy) is 2. The molecule has 2 N–H and O–H groups in total. The van der Waals surface area contributed by atoms with Crippen molar-refractivity contribution in [1.29, 1.82) is 0 Å². The number of rotatable bonds is 4. The number of methoxy groups -OCH3 is 1. The molecule has 1 aromatic heterocycles. The number of halogens is 3. The van der Waals surface area contributed by atoms with Gasteiger partial charge in [-0.15, -0.1) is 13.2 Å². The first-order valence-corrected chi connectivity index (χ1v) is 6.02. The highest BCUT2D eigenvalue weighted by atomic mass is 32.2. The first-order valence-electron chi connectivity index (χ1n) is 4.47. The summed E-state index contributed by atoms with van der Waals surface area (Å²) in [6.07, 6.45) is -4.80.